The Kier molecular flexibility index (Phi) is 4.47. The van der Waals surface area contributed by atoms with Crippen LogP contribution >= 0.6 is 0 Å². The number of rotatable bonds is 6. The van der Waals surface area contributed by atoms with Gasteiger partial charge in [-0.25, -0.2) is 0 Å². The summed E-state index contributed by atoms with van der Waals surface area (Å²) in [6, 6.07) is 0.586. The van der Waals surface area contributed by atoms with E-state index < -0.39 is 0 Å². The lowest BCUT2D eigenvalue weighted by Crippen LogP contribution is -2.15. The maximum Gasteiger partial charge on any atom is 0.0771 e. The number of nitrogens with one attached hydrogen (secondary N) is 1. The smallest absolute Gasteiger partial charge is 0.0771 e. The first-order chi connectivity index (χ1) is 10.6. The summed E-state index contributed by atoms with van der Waals surface area (Å²) in [4.78, 5) is 0. The van der Waals surface area contributed by atoms with Gasteiger partial charge in [0.25, 0.3) is 0 Å². The van der Waals surface area contributed by atoms with Gasteiger partial charge in [-0.3, -0.25) is 9.36 Å². The summed E-state index contributed by atoms with van der Waals surface area (Å²) < 4.78 is 9.59. The van der Waals surface area contributed by atoms with Crippen molar-refractivity contribution < 1.29 is 4.74 Å². The molecule has 6 heteroatoms. The molecule has 0 unspecified atom stereocenters. The van der Waals surface area contributed by atoms with Crippen LogP contribution in [0.4, 0.5) is 5.69 Å². The quantitative estimate of drug-likeness (QED) is 0.891. The maximum absolute atomic E-state index is 5.65. The first kappa shape index (κ1) is 15.1. The van der Waals surface area contributed by atoms with Crippen molar-refractivity contribution in [3.05, 3.63) is 30.4 Å². The summed E-state index contributed by atoms with van der Waals surface area (Å²) in [7, 11) is 0. The van der Waals surface area contributed by atoms with E-state index in [1.165, 1.54) is 5.56 Å². The summed E-state index contributed by atoms with van der Waals surface area (Å²) in [5.74, 6) is 0. The molecule has 0 radical (unpaired) electrons. The van der Waals surface area contributed by atoms with Crippen LogP contribution in [0.3, 0.4) is 0 Å². The predicted octanol–water partition coefficient (Wildman–Crippen LogP) is 3.01. The molecule has 0 aromatic carbocycles. The van der Waals surface area contributed by atoms with Crippen molar-refractivity contribution >= 4 is 5.69 Å². The Hall–Kier alpha value is -1.82. The van der Waals surface area contributed by atoms with Gasteiger partial charge in [0.05, 0.1) is 36.8 Å². The van der Waals surface area contributed by atoms with Crippen LogP contribution in [0.2, 0.25) is 0 Å². The second-order valence-corrected chi connectivity index (χ2v) is 6.30. The van der Waals surface area contributed by atoms with Crippen molar-refractivity contribution in [1.29, 1.82) is 0 Å². The highest BCUT2D eigenvalue weighted by atomic mass is 16.5. The standard InChI is InChI=1S/C16H25N5O/c1-12(2)21-9-14(7-18-21)13(3)19-15-8-17-20(10-15)11-16-5-4-6-22-16/h7-10,12-13,16,19H,4-6,11H2,1-3H3/t13-,16+/m1/s1. The third kappa shape index (κ3) is 3.50. The lowest BCUT2D eigenvalue weighted by Gasteiger charge is -2.12. The number of ether oxygens (including phenoxy) is 1. The highest BCUT2D eigenvalue weighted by molar-refractivity contribution is 5.40. The number of hydrogen-bond acceptors (Lipinski definition) is 4. The SMILES string of the molecule is CC(C)n1cc([C@@H](C)Nc2cnn(C[C@@H]3CCCO3)c2)cn1. The molecule has 1 aliphatic heterocycles. The Balaban J connectivity index is 1.58. The van der Waals surface area contributed by atoms with Gasteiger partial charge in [0.15, 0.2) is 0 Å². The highest BCUT2D eigenvalue weighted by Gasteiger charge is 2.17. The van der Waals surface area contributed by atoms with Crippen molar-refractivity contribution in [1.82, 2.24) is 19.6 Å². The molecule has 1 N–H and O–H groups in total. The molecule has 0 spiro atoms. The summed E-state index contributed by atoms with van der Waals surface area (Å²) in [5.41, 5.74) is 2.21. The normalized spacial score (nSPS) is 19.7. The Bertz CT molecular complexity index is 597. The van der Waals surface area contributed by atoms with E-state index in [1.807, 2.05) is 28.0 Å². The van der Waals surface area contributed by atoms with Gasteiger partial charge in [0.1, 0.15) is 0 Å². The average Bonchev–Trinajstić information content (AvgIpc) is 3.19. The molecule has 120 valence electrons. The zero-order valence-electron chi connectivity index (χ0n) is 13.6. The number of anilines is 1. The molecule has 2 atom stereocenters. The molecule has 3 rings (SSSR count). The van der Waals surface area contributed by atoms with Crippen LogP contribution in [0.15, 0.2) is 24.8 Å². The van der Waals surface area contributed by atoms with E-state index in [4.69, 9.17) is 4.74 Å². The fraction of sp³-hybridized carbons (Fsp3) is 0.625. The third-order valence-electron chi connectivity index (χ3n) is 4.08. The summed E-state index contributed by atoms with van der Waals surface area (Å²) in [6.07, 6.45) is 10.5. The van der Waals surface area contributed by atoms with Crippen LogP contribution in [0, 0.1) is 0 Å². The predicted molar refractivity (Wildman–Crippen MR) is 85.9 cm³/mol. The van der Waals surface area contributed by atoms with Gasteiger partial charge in [-0.15, -0.1) is 0 Å². The molecule has 2 aromatic rings. The van der Waals surface area contributed by atoms with Crippen LogP contribution < -0.4 is 5.32 Å². The molecule has 1 fully saturated rings. The average molecular weight is 303 g/mol. The van der Waals surface area contributed by atoms with E-state index in [0.717, 1.165) is 31.7 Å². The molecular weight excluding hydrogens is 278 g/mol. The van der Waals surface area contributed by atoms with Crippen LogP contribution in [0.25, 0.3) is 0 Å². The molecule has 0 bridgehead atoms. The van der Waals surface area contributed by atoms with E-state index in [2.05, 4.69) is 42.5 Å². The van der Waals surface area contributed by atoms with E-state index in [1.54, 1.807) is 0 Å². The van der Waals surface area contributed by atoms with E-state index in [0.29, 0.717) is 12.1 Å². The molecule has 0 saturated carbocycles. The monoisotopic (exact) mass is 303 g/mol. The van der Waals surface area contributed by atoms with E-state index in [9.17, 15) is 0 Å². The summed E-state index contributed by atoms with van der Waals surface area (Å²) >= 11 is 0. The third-order valence-corrected chi connectivity index (χ3v) is 4.08. The minimum absolute atomic E-state index is 0.202. The maximum atomic E-state index is 5.65. The van der Waals surface area contributed by atoms with Gasteiger partial charge in [0.2, 0.25) is 0 Å². The Labute approximate surface area is 131 Å². The lowest BCUT2D eigenvalue weighted by atomic mass is 10.2. The Morgan fingerprint density at radius 3 is 2.82 bits per heavy atom. The molecule has 6 nitrogen and oxygen atoms in total. The lowest BCUT2D eigenvalue weighted by molar-refractivity contribution is 0.0940. The van der Waals surface area contributed by atoms with Gasteiger partial charge in [-0.05, 0) is 33.6 Å². The summed E-state index contributed by atoms with van der Waals surface area (Å²) in [6.45, 7) is 8.11. The summed E-state index contributed by atoms with van der Waals surface area (Å²) in [5, 5.41) is 12.3. The first-order valence-electron chi connectivity index (χ1n) is 8.06. The second-order valence-electron chi connectivity index (χ2n) is 6.30. The van der Waals surface area contributed by atoms with Crippen molar-refractivity contribution in [2.24, 2.45) is 0 Å². The van der Waals surface area contributed by atoms with Gasteiger partial charge >= 0.3 is 0 Å². The van der Waals surface area contributed by atoms with Gasteiger partial charge in [-0.2, -0.15) is 10.2 Å². The molecule has 1 saturated heterocycles. The molecule has 0 aliphatic carbocycles. The molecule has 3 heterocycles. The molecule has 22 heavy (non-hydrogen) atoms. The largest absolute Gasteiger partial charge is 0.376 e. The van der Waals surface area contributed by atoms with Crippen LogP contribution in [-0.4, -0.2) is 32.3 Å². The molecular formula is C16H25N5O. The number of hydrogen-bond donors (Lipinski definition) is 1. The van der Waals surface area contributed by atoms with Crippen molar-refractivity contribution in [2.75, 3.05) is 11.9 Å². The molecule has 2 aromatic heterocycles. The molecule has 1 aliphatic rings. The van der Waals surface area contributed by atoms with E-state index in [-0.39, 0.29) is 6.04 Å². The topological polar surface area (TPSA) is 56.9 Å². The van der Waals surface area contributed by atoms with Crippen LogP contribution in [0.5, 0.6) is 0 Å². The Morgan fingerprint density at radius 1 is 1.27 bits per heavy atom. The minimum Gasteiger partial charge on any atom is -0.376 e. The second kappa shape index (κ2) is 6.52. The van der Waals surface area contributed by atoms with Gasteiger partial charge < -0.3 is 10.1 Å². The van der Waals surface area contributed by atoms with Crippen LogP contribution in [-0.2, 0) is 11.3 Å². The van der Waals surface area contributed by atoms with Gasteiger partial charge in [0, 0.05) is 30.6 Å². The fourth-order valence-electron chi connectivity index (χ4n) is 2.73. The highest BCUT2D eigenvalue weighted by Crippen LogP contribution is 2.20. The van der Waals surface area contributed by atoms with Gasteiger partial charge in [-0.1, -0.05) is 0 Å². The van der Waals surface area contributed by atoms with Crippen molar-refractivity contribution in [3.8, 4) is 0 Å². The number of nitrogens with zero attached hydrogens (tertiary/aromatic N) is 4. The van der Waals surface area contributed by atoms with Crippen molar-refractivity contribution in [3.63, 3.8) is 0 Å². The van der Waals surface area contributed by atoms with E-state index >= 15 is 0 Å². The van der Waals surface area contributed by atoms with Crippen molar-refractivity contribution in [2.45, 2.75) is 58.3 Å². The number of aromatic nitrogens is 4. The zero-order valence-corrected chi connectivity index (χ0v) is 13.6. The molecule has 0 amide bonds. The minimum atomic E-state index is 0.202. The van der Waals surface area contributed by atoms with Crippen LogP contribution in [0.1, 0.15) is 51.3 Å². The first-order valence-corrected chi connectivity index (χ1v) is 8.06. The Morgan fingerprint density at radius 2 is 2.14 bits per heavy atom. The zero-order chi connectivity index (χ0) is 15.5. The fourth-order valence-corrected chi connectivity index (χ4v) is 2.73.